The molecular weight excluding hydrogens is 454 g/mol. The van der Waals surface area contributed by atoms with Crippen molar-refractivity contribution in [2.75, 3.05) is 0 Å². The molecule has 1 atom stereocenters. The second kappa shape index (κ2) is 9.02. The first kappa shape index (κ1) is 21.7. The van der Waals surface area contributed by atoms with E-state index in [0.29, 0.717) is 23.1 Å². The third-order valence-corrected chi connectivity index (χ3v) is 6.05. The number of alkyl halides is 2. The predicted octanol–water partition coefficient (Wildman–Crippen LogP) is 3.78. The van der Waals surface area contributed by atoms with E-state index in [9.17, 15) is 28.0 Å². The summed E-state index contributed by atoms with van der Waals surface area (Å²) < 4.78 is 37.6. The Hall–Kier alpha value is -3.13. The average molecular weight is 476 g/mol. The molecule has 1 N–H and O–H groups in total. The summed E-state index contributed by atoms with van der Waals surface area (Å²) in [6, 6.07) is 7.49. The number of amides is 2. The SMILES string of the molecule is [2H]C1(N2Cc3cc(CNC(=O)C(F)(F)c4ccc(Cl)cc4)ccc3C2=O)CCCC(=O)CC1=O. The number of benzene rings is 2. The zero-order valence-corrected chi connectivity index (χ0v) is 18.3. The molecule has 0 bridgehead atoms. The van der Waals surface area contributed by atoms with E-state index < -0.39 is 35.1 Å². The Morgan fingerprint density at radius 3 is 2.64 bits per heavy atom. The summed E-state index contributed by atoms with van der Waals surface area (Å²) in [6.45, 7) is -0.219. The molecular formula is C24H21ClF2N2O4. The van der Waals surface area contributed by atoms with Crippen LogP contribution in [0.4, 0.5) is 8.78 Å². The molecule has 2 aromatic rings. The van der Waals surface area contributed by atoms with E-state index in [-0.39, 0.29) is 43.2 Å². The van der Waals surface area contributed by atoms with Gasteiger partial charge < -0.3 is 10.2 Å². The number of nitrogens with one attached hydrogen (secondary N) is 1. The number of hydrogen-bond donors (Lipinski definition) is 1. The lowest BCUT2D eigenvalue weighted by atomic mass is 10.1. The fourth-order valence-corrected chi connectivity index (χ4v) is 4.16. The van der Waals surface area contributed by atoms with Crippen molar-refractivity contribution in [3.05, 3.63) is 69.7 Å². The van der Waals surface area contributed by atoms with Crippen LogP contribution in [0, 0.1) is 0 Å². The minimum Gasteiger partial charge on any atom is -0.346 e. The highest BCUT2D eigenvalue weighted by Crippen LogP contribution is 2.31. The van der Waals surface area contributed by atoms with Crippen molar-refractivity contribution in [1.29, 1.82) is 0 Å². The van der Waals surface area contributed by atoms with E-state index in [4.69, 9.17) is 13.0 Å². The van der Waals surface area contributed by atoms with E-state index in [1.807, 2.05) is 0 Å². The zero-order chi connectivity index (χ0) is 24.7. The predicted molar refractivity (Wildman–Crippen MR) is 116 cm³/mol. The standard InChI is InChI=1S/C24H21ClF2N2O4/c25-17-7-5-16(6-8-17)24(26,27)23(33)28-12-14-4-9-19-15(10-14)13-29(22(19)32)20-3-1-2-18(30)11-21(20)31/h4-10,20H,1-3,11-13H2,(H,28,33)/i20D. The highest BCUT2D eigenvalue weighted by molar-refractivity contribution is 6.30. The van der Waals surface area contributed by atoms with E-state index in [1.165, 1.54) is 24.3 Å². The van der Waals surface area contributed by atoms with Crippen LogP contribution in [0.1, 0.15) is 54.1 Å². The summed E-state index contributed by atoms with van der Waals surface area (Å²) in [6.07, 6.45) is 0.238. The molecule has 172 valence electrons. The number of fused-ring (bicyclic) bond motifs is 1. The molecule has 1 unspecified atom stereocenters. The molecule has 1 fully saturated rings. The number of Topliss-reactive ketones (excluding diaryl/α,β-unsaturated/α-hetero) is 2. The lowest BCUT2D eigenvalue weighted by molar-refractivity contribution is -0.147. The Kier molecular flexibility index (Phi) is 5.93. The van der Waals surface area contributed by atoms with Gasteiger partial charge in [-0.25, -0.2) is 0 Å². The number of ketones is 2. The third kappa shape index (κ3) is 4.66. The maximum Gasteiger partial charge on any atom is 0.349 e. The van der Waals surface area contributed by atoms with E-state index in [1.54, 1.807) is 6.07 Å². The second-order valence-corrected chi connectivity index (χ2v) is 8.52. The van der Waals surface area contributed by atoms with Gasteiger partial charge in [0.05, 0.1) is 13.8 Å². The van der Waals surface area contributed by atoms with Crippen molar-refractivity contribution in [2.24, 2.45) is 0 Å². The molecule has 0 aromatic heterocycles. The molecule has 0 saturated heterocycles. The van der Waals surface area contributed by atoms with Gasteiger partial charge in [0.1, 0.15) is 5.78 Å². The Balaban J connectivity index is 1.47. The monoisotopic (exact) mass is 475 g/mol. The lowest BCUT2D eigenvalue weighted by Gasteiger charge is -2.25. The van der Waals surface area contributed by atoms with Gasteiger partial charge in [0, 0.05) is 35.7 Å². The van der Waals surface area contributed by atoms with Crippen molar-refractivity contribution in [1.82, 2.24) is 10.2 Å². The van der Waals surface area contributed by atoms with Crippen LogP contribution in [0.25, 0.3) is 0 Å². The normalized spacial score (nSPS) is 21.5. The smallest absolute Gasteiger partial charge is 0.346 e. The molecule has 1 aliphatic carbocycles. The van der Waals surface area contributed by atoms with Crippen molar-refractivity contribution in [3.63, 3.8) is 0 Å². The fraction of sp³-hybridized carbons (Fsp3) is 0.333. The molecule has 1 saturated carbocycles. The van der Waals surface area contributed by atoms with E-state index >= 15 is 0 Å². The molecule has 4 rings (SSSR count). The first-order valence-electron chi connectivity index (χ1n) is 10.9. The number of carbonyl (C=O) groups excluding carboxylic acids is 4. The molecule has 1 aliphatic heterocycles. The van der Waals surface area contributed by atoms with Gasteiger partial charge in [-0.1, -0.05) is 35.9 Å². The number of halogens is 3. The van der Waals surface area contributed by atoms with Crippen molar-refractivity contribution in [2.45, 2.75) is 50.7 Å². The maximum absolute atomic E-state index is 14.5. The molecule has 1 heterocycles. The Bertz CT molecular complexity index is 1190. The molecule has 0 spiro atoms. The highest BCUT2D eigenvalue weighted by atomic mass is 35.5. The van der Waals surface area contributed by atoms with Gasteiger partial charge in [0.25, 0.3) is 11.8 Å². The van der Waals surface area contributed by atoms with Crippen LogP contribution in [-0.2, 0) is 33.4 Å². The zero-order valence-electron chi connectivity index (χ0n) is 18.5. The van der Waals surface area contributed by atoms with Crippen LogP contribution in [0.3, 0.4) is 0 Å². The molecule has 0 radical (unpaired) electrons. The number of rotatable bonds is 5. The van der Waals surface area contributed by atoms with Crippen molar-refractivity contribution in [3.8, 4) is 0 Å². The van der Waals surface area contributed by atoms with Gasteiger partial charge >= 0.3 is 5.92 Å². The largest absolute Gasteiger partial charge is 0.349 e. The molecule has 33 heavy (non-hydrogen) atoms. The Morgan fingerprint density at radius 1 is 1.18 bits per heavy atom. The summed E-state index contributed by atoms with van der Waals surface area (Å²) in [5.74, 6) is -6.57. The highest BCUT2D eigenvalue weighted by Gasteiger charge is 2.41. The molecule has 2 amide bonds. The minimum atomic E-state index is -3.76. The van der Waals surface area contributed by atoms with Crippen LogP contribution < -0.4 is 5.32 Å². The molecule has 6 nitrogen and oxygen atoms in total. The van der Waals surface area contributed by atoms with Crippen LogP contribution in [-0.4, -0.2) is 34.3 Å². The van der Waals surface area contributed by atoms with Crippen LogP contribution in [0.5, 0.6) is 0 Å². The molecule has 2 aromatic carbocycles. The first-order valence-corrected chi connectivity index (χ1v) is 10.8. The van der Waals surface area contributed by atoms with Gasteiger partial charge in [-0.2, -0.15) is 8.78 Å². The average Bonchev–Trinajstić information content (AvgIpc) is 3.06. The number of carbonyl (C=O) groups is 4. The van der Waals surface area contributed by atoms with Gasteiger partial charge in [-0.15, -0.1) is 0 Å². The lowest BCUT2D eigenvalue weighted by Crippen LogP contribution is -2.41. The maximum atomic E-state index is 14.5. The summed E-state index contributed by atoms with van der Waals surface area (Å²) in [5, 5.41) is 2.48. The molecule has 9 heteroatoms. The van der Waals surface area contributed by atoms with Gasteiger partial charge in [-0.05, 0) is 42.2 Å². The van der Waals surface area contributed by atoms with Crippen LogP contribution >= 0.6 is 11.6 Å². The Labute approximate surface area is 195 Å². The first-order chi connectivity index (χ1) is 16.0. The summed E-state index contributed by atoms with van der Waals surface area (Å²) in [5.41, 5.74) is 0.819. The molecule has 2 aliphatic rings. The van der Waals surface area contributed by atoms with Gasteiger partial charge in [-0.3, -0.25) is 19.2 Å². The van der Waals surface area contributed by atoms with Gasteiger partial charge in [0.15, 0.2) is 5.78 Å². The number of nitrogens with zero attached hydrogens (tertiary/aromatic N) is 1. The van der Waals surface area contributed by atoms with Crippen molar-refractivity contribution >= 4 is 35.0 Å². The van der Waals surface area contributed by atoms with Gasteiger partial charge in [0.2, 0.25) is 0 Å². The topological polar surface area (TPSA) is 83.6 Å². The summed E-state index contributed by atoms with van der Waals surface area (Å²) >= 11 is 5.71. The van der Waals surface area contributed by atoms with Crippen LogP contribution in [0.2, 0.25) is 5.02 Å². The summed E-state index contributed by atoms with van der Waals surface area (Å²) in [7, 11) is 0. The number of hydrogen-bond acceptors (Lipinski definition) is 4. The second-order valence-electron chi connectivity index (χ2n) is 8.09. The quantitative estimate of drug-likeness (QED) is 0.527. The third-order valence-electron chi connectivity index (χ3n) is 5.79. The van der Waals surface area contributed by atoms with E-state index in [2.05, 4.69) is 5.32 Å². The van der Waals surface area contributed by atoms with E-state index in [0.717, 1.165) is 17.0 Å². The van der Waals surface area contributed by atoms with Crippen molar-refractivity contribution < 1.29 is 29.3 Å². The van der Waals surface area contributed by atoms with Crippen LogP contribution in [0.15, 0.2) is 42.5 Å². The minimum absolute atomic E-state index is 0.0136. The summed E-state index contributed by atoms with van der Waals surface area (Å²) in [4.78, 5) is 50.6. The fourth-order valence-electron chi connectivity index (χ4n) is 4.03. The Morgan fingerprint density at radius 2 is 1.91 bits per heavy atom.